The monoisotopic (exact) mass is 380 g/mol. The maximum Gasteiger partial charge on any atom is 0.334 e. The average Bonchev–Trinajstić information content (AvgIpc) is 2.98. The summed E-state index contributed by atoms with van der Waals surface area (Å²) in [6, 6.07) is 0. The Hall–Kier alpha value is -2.00. The van der Waals surface area contributed by atoms with Crippen LogP contribution in [0.3, 0.4) is 0 Å². The molecule has 0 aromatic carbocycles. The molecule has 0 aliphatic carbocycles. The molecule has 3 rings (SSSR count). The van der Waals surface area contributed by atoms with Crippen molar-refractivity contribution in [3.05, 3.63) is 36.0 Å². The van der Waals surface area contributed by atoms with Gasteiger partial charge in [-0.1, -0.05) is 13.2 Å². The van der Waals surface area contributed by atoms with Crippen molar-refractivity contribution in [2.75, 3.05) is 6.61 Å². The fraction of sp³-hybridized carbons (Fsp3) is 0.579. The Labute approximate surface area is 156 Å². The van der Waals surface area contributed by atoms with E-state index in [4.69, 9.17) is 14.2 Å². The summed E-state index contributed by atoms with van der Waals surface area (Å²) in [5, 5.41) is 31.1. The molecule has 3 heterocycles. The van der Waals surface area contributed by atoms with Crippen LogP contribution in [0, 0.1) is 5.92 Å². The van der Waals surface area contributed by atoms with Gasteiger partial charge in [-0.15, -0.1) is 0 Å². The molecule has 2 saturated heterocycles. The number of aliphatic hydroxyl groups excluding tert-OH is 2. The minimum absolute atomic E-state index is 0.0150. The fourth-order valence-corrected chi connectivity index (χ4v) is 3.91. The van der Waals surface area contributed by atoms with E-state index in [1.54, 1.807) is 6.92 Å². The van der Waals surface area contributed by atoms with Gasteiger partial charge in [-0.05, 0) is 19.9 Å². The average molecular weight is 380 g/mol. The predicted molar refractivity (Wildman–Crippen MR) is 92.1 cm³/mol. The first kappa shape index (κ1) is 19.8. The van der Waals surface area contributed by atoms with E-state index in [2.05, 4.69) is 13.2 Å². The van der Waals surface area contributed by atoms with Crippen LogP contribution in [0.15, 0.2) is 36.0 Å². The highest BCUT2D eigenvalue weighted by atomic mass is 16.7. The lowest BCUT2D eigenvalue weighted by Crippen LogP contribution is -2.44. The van der Waals surface area contributed by atoms with E-state index in [0.717, 1.165) is 0 Å². The quantitative estimate of drug-likeness (QED) is 0.359. The van der Waals surface area contributed by atoms with Crippen LogP contribution in [0.2, 0.25) is 0 Å². The third kappa shape index (κ3) is 3.23. The van der Waals surface area contributed by atoms with E-state index >= 15 is 0 Å². The van der Waals surface area contributed by atoms with Gasteiger partial charge in [0.05, 0.1) is 24.2 Å². The molecule has 0 radical (unpaired) electrons. The molecule has 2 bridgehead atoms. The molecule has 0 spiro atoms. The molecule has 27 heavy (non-hydrogen) atoms. The van der Waals surface area contributed by atoms with E-state index in [0.29, 0.717) is 0 Å². The van der Waals surface area contributed by atoms with E-state index in [1.807, 2.05) is 0 Å². The molecule has 2 fully saturated rings. The first-order valence-electron chi connectivity index (χ1n) is 8.69. The second-order valence-electron chi connectivity index (χ2n) is 7.62. The van der Waals surface area contributed by atoms with Crippen molar-refractivity contribution < 1.29 is 39.1 Å². The summed E-state index contributed by atoms with van der Waals surface area (Å²) in [7, 11) is 0. The van der Waals surface area contributed by atoms with Gasteiger partial charge in [-0.3, -0.25) is 0 Å². The number of rotatable bonds is 3. The lowest BCUT2D eigenvalue weighted by atomic mass is 9.80. The molecular formula is C19H24O8. The molecule has 0 amide bonds. The summed E-state index contributed by atoms with van der Waals surface area (Å²) < 4.78 is 16.6. The zero-order chi connectivity index (χ0) is 20.1. The molecule has 0 saturated carbocycles. The van der Waals surface area contributed by atoms with E-state index in [1.165, 1.54) is 13.0 Å². The lowest BCUT2D eigenvalue weighted by molar-refractivity contribution is -0.211. The molecule has 0 aromatic heterocycles. The van der Waals surface area contributed by atoms with Gasteiger partial charge in [0.1, 0.15) is 12.2 Å². The number of ether oxygens (including phenoxy) is 3. The molecular weight excluding hydrogens is 356 g/mol. The van der Waals surface area contributed by atoms with Gasteiger partial charge in [0, 0.05) is 29.6 Å². The standard InChI is InChI=1S/C19H24O8/c1-9(2)16(22)26-13-6-18(4)14(21)7-19(24,27-18)11(8-20)5-12-15(13)10(3)17(23)25-12/h5,12-15,20-21,24H,1,3,6-8H2,2,4H3/b11-5-/t12-,13-,14+,15+,18-,19+/m1/s1. The molecule has 8 nitrogen and oxygen atoms in total. The number of fused-ring (bicyclic) bond motifs is 3. The Balaban J connectivity index is 2.10. The molecule has 3 N–H and O–H groups in total. The van der Waals surface area contributed by atoms with Crippen molar-refractivity contribution in [2.24, 2.45) is 5.92 Å². The maximum absolute atomic E-state index is 12.2. The summed E-state index contributed by atoms with van der Waals surface area (Å²) >= 11 is 0. The number of aliphatic hydroxyl groups is 3. The van der Waals surface area contributed by atoms with Crippen molar-refractivity contribution >= 4 is 11.9 Å². The van der Waals surface area contributed by atoms with Crippen LogP contribution in [0.1, 0.15) is 26.7 Å². The van der Waals surface area contributed by atoms with Crippen LogP contribution in [0.5, 0.6) is 0 Å². The van der Waals surface area contributed by atoms with Crippen molar-refractivity contribution in [1.29, 1.82) is 0 Å². The predicted octanol–water partition coefficient (Wildman–Crippen LogP) is 0.123. The molecule has 8 heteroatoms. The number of esters is 2. The Morgan fingerprint density at radius 2 is 2.11 bits per heavy atom. The first-order chi connectivity index (χ1) is 12.5. The molecule has 6 atom stereocenters. The minimum Gasteiger partial charge on any atom is -0.458 e. The third-order valence-corrected chi connectivity index (χ3v) is 5.49. The van der Waals surface area contributed by atoms with Crippen LogP contribution >= 0.6 is 0 Å². The third-order valence-electron chi connectivity index (χ3n) is 5.49. The fourth-order valence-electron chi connectivity index (χ4n) is 3.91. The van der Waals surface area contributed by atoms with Gasteiger partial charge < -0.3 is 29.5 Å². The summed E-state index contributed by atoms with van der Waals surface area (Å²) in [4.78, 5) is 24.3. The highest BCUT2D eigenvalue weighted by Crippen LogP contribution is 2.48. The number of hydrogen-bond donors (Lipinski definition) is 3. The van der Waals surface area contributed by atoms with Crippen molar-refractivity contribution in [2.45, 2.75) is 56.4 Å². The summed E-state index contributed by atoms with van der Waals surface area (Å²) in [5.41, 5.74) is -0.946. The molecule has 0 unspecified atom stereocenters. The Morgan fingerprint density at radius 1 is 1.44 bits per heavy atom. The van der Waals surface area contributed by atoms with Crippen LogP contribution < -0.4 is 0 Å². The number of carbonyl (C=O) groups excluding carboxylic acids is 2. The van der Waals surface area contributed by atoms with Crippen molar-refractivity contribution in [1.82, 2.24) is 0 Å². The zero-order valence-electron chi connectivity index (χ0n) is 15.3. The van der Waals surface area contributed by atoms with Gasteiger partial charge in [-0.2, -0.15) is 0 Å². The normalized spacial score (nSPS) is 42.9. The lowest BCUT2D eigenvalue weighted by Gasteiger charge is -2.34. The van der Waals surface area contributed by atoms with Crippen molar-refractivity contribution in [3.8, 4) is 0 Å². The maximum atomic E-state index is 12.2. The molecule has 3 aliphatic heterocycles. The van der Waals surface area contributed by atoms with Crippen LogP contribution in [0.25, 0.3) is 0 Å². The van der Waals surface area contributed by atoms with Gasteiger partial charge in [0.15, 0.2) is 5.79 Å². The second kappa shape index (κ2) is 6.56. The summed E-state index contributed by atoms with van der Waals surface area (Å²) in [5.74, 6) is -3.99. The van der Waals surface area contributed by atoms with Crippen LogP contribution in [0.4, 0.5) is 0 Å². The van der Waals surface area contributed by atoms with Gasteiger partial charge in [0.25, 0.3) is 0 Å². The van der Waals surface area contributed by atoms with Gasteiger partial charge >= 0.3 is 11.9 Å². The Bertz CT molecular complexity index is 740. The first-order valence-corrected chi connectivity index (χ1v) is 8.69. The highest BCUT2D eigenvalue weighted by Gasteiger charge is 2.58. The SMILES string of the molecule is C=C(C)C(=O)O[C@@H]1C[C@@]2(C)O[C@@](O)(C[C@@H]2O)/C(CO)=C\[C@H]2OC(=O)C(=C)[C@@H]21. The minimum atomic E-state index is -1.92. The molecule has 3 aliphatic rings. The molecule has 0 aromatic rings. The summed E-state index contributed by atoms with van der Waals surface area (Å²) in [6.07, 6.45) is -1.72. The van der Waals surface area contributed by atoms with E-state index < -0.39 is 54.2 Å². The van der Waals surface area contributed by atoms with Gasteiger partial charge in [0.2, 0.25) is 0 Å². The number of hydrogen-bond acceptors (Lipinski definition) is 8. The number of carbonyl (C=O) groups is 2. The van der Waals surface area contributed by atoms with E-state index in [-0.39, 0.29) is 29.6 Å². The molecule has 148 valence electrons. The topological polar surface area (TPSA) is 123 Å². The van der Waals surface area contributed by atoms with Crippen LogP contribution in [-0.4, -0.2) is 63.6 Å². The zero-order valence-corrected chi connectivity index (χ0v) is 15.3. The van der Waals surface area contributed by atoms with Crippen molar-refractivity contribution in [3.63, 3.8) is 0 Å². The Morgan fingerprint density at radius 3 is 2.70 bits per heavy atom. The Kier molecular flexibility index (Phi) is 4.80. The summed E-state index contributed by atoms with van der Waals surface area (Å²) in [6.45, 7) is 9.81. The van der Waals surface area contributed by atoms with Gasteiger partial charge in [-0.25, -0.2) is 9.59 Å². The highest BCUT2D eigenvalue weighted by molar-refractivity contribution is 5.91. The smallest absolute Gasteiger partial charge is 0.334 e. The second-order valence-corrected chi connectivity index (χ2v) is 7.62. The van der Waals surface area contributed by atoms with Crippen LogP contribution in [-0.2, 0) is 23.8 Å². The van der Waals surface area contributed by atoms with E-state index in [9.17, 15) is 24.9 Å². The largest absolute Gasteiger partial charge is 0.458 e.